The zero-order chi connectivity index (χ0) is 23.0. The van der Waals surface area contributed by atoms with E-state index in [0.29, 0.717) is 35.2 Å². The molecule has 0 saturated carbocycles. The molecule has 2 aliphatic rings. The van der Waals surface area contributed by atoms with Crippen LogP contribution in [0.2, 0.25) is 0 Å². The van der Waals surface area contributed by atoms with Gasteiger partial charge in [0, 0.05) is 36.0 Å². The number of rotatable bonds is 5. The van der Waals surface area contributed by atoms with E-state index in [2.05, 4.69) is 36.9 Å². The molecule has 0 aliphatic carbocycles. The van der Waals surface area contributed by atoms with Gasteiger partial charge >= 0.3 is 0 Å². The van der Waals surface area contributed by atoms with E-state index in [1.807, 2.05) is 19.1 Å². The van der Waals surface area contributed by atoms with Crippen LogP contribution in [0.3, 0.4) is 0 Å². The molecular weight excluding hydrogens is 440 g/mol. The predicted molar refractivity (Wildman–Crippen MR) is 135 cm³/mol. The number of thioether (sulfide) groups is 1. The van der Waals surface area contributed by atoms with Crippen LogP contribution in [0.15, 0.2) is 29.2 Å². The third-order valence-electron chi connectivity index (χ3n) is 6.32. The number of benzene rings is 1. The monoisotopic (exact) mass is 468 g/mol. The van der Waals surface area contributed by atoms with Gasteiger partial charge in [0.15, 0.2) is 0 Å². The molecule has 32 heavy (non-hydrogen) atoms. The molecule has 2 aromatic rings. The first-order valence-electron chi connectivity index (χ1n) is 11.0. The summed E-state index contributed by atoms with van der Waals surface area (Å²) in [6.07, 6.45) is 4.18. The Morgan fingerprint density at radius 2 is 2.06 bits per heavy atom. The molecule has 2 aliphatic heterocycles. The zero-order valence-electron chi connectivity index (χ0n) is 18.6. The fourth-order valence-corrected chi connectivity index (χ4v) is 5.67. The van der Waals surface area contributed by atoms with Crippen molar-refractivity contribution in [3.63, 3.8) is 0 Å². The van der Waals surface area contributed by atoms with E-state index in [-0.39, 0.29) is 23.8 Å². The summed E-state index contributed by atoms with van der Waals surface area (Å²) in [6.45, 7) is 7.52. The lowest BCUT2D eigenvalue weighted by Gasteiger charge is -2.32. The first-order chi connectivity index (χ1) is 15.3. The highest BCUT2D eigenvalue weighted by molar-refractivity contribution is 8.26. The van der Waals surface area contributed by atoms with Crippen LogP contribution in [0, 0.1) is 12.8 Å². The van der Waals surface area contributed by atoms with Gasteiger partial charge in [0.1, 0.15) is 10.1 Å². The van der Waals surface area contributed by atoms with Crippen LogP contribution >= 0.6 is 24.0 Å². The molecule has 1 aromatic heterocycles. The lowest BCUT2D eigenvalue weighted by molar-refractivity contribution is -0.123. The number of nitrogens with zero attached hydrogens (tertiary/aromatic N) is 3. The van der Waals surface area contributed by atoms with Crippen molar-refractivity contribution in [2.24, 2.45) is 11.7 Å². The summed E-state index contributed by atoms with van der Waals surface area (Å²) in [6, 6.07) is 8.35. The fraction of sp³-hybridized carbons (Fsp3) is 0.417. The highest BCUT2D eigenvalue weighted by atomic mass is 32.2. The maximum Gasteiger partial charge on any atom is 0.266 e. The van der Waals surface area contributed by atoms with E-state index in [1.54, 1.807) is 4.90 Å². The second-order valence-electron chi connectivity index (χ2n) is 8.57. The molecule has 2 amide bonds. The molecule has 2 saturated heterocycles. The molecule has 2 fully saturated rings. The van der Waals surface area contributed by atoms with E-state index in [4.69, 9.17) is 22.9 Å². The SMILES string of the molecule is CCC(C)N1C(=O)/C(=C/c2cc3cc(C)ccc3nc2N2CCC(C(N)=O)CC2)SC1=S. The summed E-state index contributed by atoms with van der Waals surface area (Å²) >= 11 is 6.85. The quantitative estimate of drug-likeness (QED) is 0.522. The Kier molecular flexibility index (Phi) is 6.53. The smallest absolute Gasteiger partial charge is 0.266 e. The number of carbonyl (C=O) groups is 2. The summed E-state index contributed by atoms with van der Waals surface area (Å²) in [4.78, 5) is 34.2. The molecule has 0 bridgehead atoms. The molecule has 1 aromatic carbocycles. The number of aromatic nitrogens is 1. The maximum absolute atomic E-state index is 13.1. The van der Waals surface area contributed by atoms with Crippen molar-refractivity contribution >= 4 is 62.9 Å². The van der Waals surface area contributed by atoms with Gasteiger partial charge < -0.3 is 10.6 Å². The molecule has 8 heteroatoms. The Morgan fingerprint density at radius 1 is 1.34 bits per heavy atom. The molecule has 6 nitrogen and oxygen atoms in total. The Balaban J connectivity index is 1.75. The van der Waals surface area contributed by atoms with E-state index in [0.717, 1.165) is 34.3 Å². The number of nitrogens with two attached hydrogens (primary N) is 1. The number of fused-ring (bicyclic) bond motifs is 1. The van der Waals surface area contributed by atoms with Gasteiger partial charge in [0.25, 0.3) is 5.91 Å². The Morgan fingerprint density at radius 3 is 2.72 bits per heavy atom. The first kappa shape index (κ1) is 22.7. The lowest BCUT2D eigenvalue weighted by Crippen LogP contribution is -2.39. The maximum atomic E-state index is 13.1. The van der Waals surface area contributed by atoms with Crippen molar-refractivity contribution in [2.45, 2.75) is 46.1 Å². The van der Waals surface area contributed by atoms with Gasteiger partial charge in [0.2, 0.25) is 5.91 Å². The van der Waals surface area contributed by atoms with Crippen molar-refractivity contribution in [3.05, 3.63) is 40.3 Å². The highest BCUT2D eigenvalue weighted by Crippen LogP contribution is 2.37. The topological polar surface area (TPSA) is 79.5 Å². The molecule has 4 rings (SSSR count). The fourth-order valence-electron chi connectivity index (χ4n) is 4.22. The van der Waals surface area contributed by atoms with Gasteiger partial charge in [-0.3, -0.25) is 14.5 Å². The van der Waals surface area contributed by atoms with Crippen molar-refractivity contribution in [2.75, 3.05) is 18.0 Å². The first-order valence-corrected chi connectivity index (χ1v) is 12.2. The van der Waals surface area contributed by atoms with Crippen molar-refractivity contribution in [1.29, 1.82) is 0 Å². The molecule has 1 unspecified atom stereocenters. The van der Waals surface area contributed by atoms with E-state index < -0.39 is 0 Å². The number of aryl methyl sites for hydroxylation is 1. The van der Waals surface area contributed by atoms with Crippen LogP contribution in [0.4, 0.5) is 5.82 Å². The summed E-state index contributed by atoms with van der Waals surface area (Å²) < 4.78 is 0.601. The third-order valence-corrected chi connectivity index (χ3v) is 7.65. The van der Waals surface area contributed by atoms with Gasteiger partial charge in [-0.15, -0.1) is 0 Å². The Labute approximate surface area is 198 Å². The highest BCUT2D eigenvalue weighted by Gasteiger charge is 2.35. The number of thiocarbonyl (C=S) groups is 1. The molecule has 2 N–H and O–H groups in total. The Hall–Kier alpha value is -2.45. The molecule has 0 spiro atoms. The van der Waals surface area contributed by atoms with E-state index in [9.17, 15) is 9.59 Å². The summed E-state index contributed by atoms with van der Waals surface area (Å²) in [5.41, 5.74) is 8.47. The number of anilines is 1. The number of pyridine rings is 1. The summed E-state index contributed by atoms with van der Waals surface area (Å²) in [7, 11) is 0. The van der Waals surface area contributed by atoms with Crippen LogP contribution < -0.4 is 10.6 Å². The minimum absolute atomic E-state index is 0.0444. The molecule has 168 valence electrons. The number of hydrogen-bond acceptors (Lipinski definition) is 6. The minimum atomic E-state index is -0.236. The number of carbonyl (C=O) groups excluding carboxylic acids is 2. The van der Waals surface area contributed by atoms with Crippen LogP contribution in [-0.2, 0) is 9.59 Å². The number of primary amides is 1. The number of amides is 2. The van der Waals surface area contributed by atoms with Gasteiger partial charge in [-0.1, -0.05) is 42.5 Å². The summed E-state index contributed by atoms with van der Waals surface area (Å²) in [5.74, 6) is 0.459. The molecule has 3 heterocycles. The van der Waals surface area contributed by atoms with Crippen molar-refractivity contribution in [1.82, 2.24) is 9.88 Å². The third kappa shape index (κ3) is 4.38. The predicted octanol–water partition coefficient (Wildman–Crippen LogP) is 4.24. The molecule has 1 atom stereocenters. The van der Waals surface area contributed by atoms with Crippen LogP contribution in [0.25, 0.3) is 17.0 Å². The zero-order valence-corrected chi connectivity index (χ0v) is 20.3. The van der Waals surface area contributed by atoms with Gasteiger partial charge in [-0.2, -0.15) is 0 Å². The van der Waals surface area contributed by atoms with Gasteiger partial charge in [-0.25, -0.2) is 4.98 Å². The van der Waals surface area contributed by atoms with E-state index in [1.165, 1.54) is 11.8 Å². The number of hydrogen-bond donors (Lipinski definition) is 1. The second-order valence-corrected chi connectivity index (χ2v) is 10.2. The van der Waals surface area contributed by atoms with Crippen LogP contribution in [0.1, 0.15) is 44.2 Å². The minimum Gasteiger partial charge on any atom is -0.369 e. The van der Waals surface area contributed by atoms with Crippen molar-refractivity contribution in [3.8, 4) is 0 Å². The van der Waals surface area contributed by atoms with E-state index >= 15 is 0 Å². The molecule has 0 radical (unpaired) electrons. The van der Waals surface area contributed by atoms with Crippen LogP contribution in [0.5, 0.6) is 0 Å². The van der Waals surface area contributed by atoms with Crippen LogP contribution in [-0.4, -0.2) is 45.2 Å². The van der Waals surface area contributed by atoms with Gasteiger partial charge in [-0.05, 0) is 57.4 Å². The largest absolute Gasteiger partial charge is 0.369 e. The lowest BCUT2D eigenvalue weighted by atomic mass is 9.96. The Bertz CT molecular complexity index is 1120. The average molecular weight is 469 g/mol. The standard InChI is InChI=1S/C24H28N4O2S2/c1-4-15(3)28-23(30)20(32-24(28)31)13-18-12-17-11-14(2)5-6-19(17)26-22(18)27-9-7-16(8-10-27)21(25)29/h5-6,11-13,15-16H,4,7-10H2,1-3H3,(H2,25,29)/b20-13-. The summed E-state index contributed by atoms with van der Waals surface area (Å²) in [5, 5.41) is 1.03. The number of piperidine rings is 1. The molecular formula is C24H28N4O2S2. The van der Waals surface area contributed by atoms with Crippen molar-refractivity contribution < 1.29 is 9.59 Å². The van der Waals surface area contributed by atoms with Gasteiger partial charge in [0.05, 0.1) is 10.4 Å². The average Bonchev–Trinajstić information content (AvgIpc) is 3.05. The second kappa shape index (κ2) is 9.19. The normalized spacial score (nSPS) is 19.9.